The van der Waals surface area contributed by atoms with E-state index < -0.39 is 0 Å². The lowest BCUT2D eigenvalue weighted by atomic mass is 9.52. The highest BCUT2D eigenvalue weighted by Gasteiger charge is 2.53. The van der Waals surface area contributed by atoms with Gasteiger partial charge in [0.1, 0.15) is 0 Å². The Kier molecular flexibility index (Phi) is 1.71. The van der Waals surface area contributed by atoms with Crippen molar-refractivity contribution in [3.05, 3.63) is 0 Å². The normalized spacial score (nSPS) is 49.9. The van der Waals surface area contributed by atoms with Crippen LogP contribution in [0.3, 0.4) is 0 Å². The second kappa shape index (κ2) is 2.93. The molecule has 88 valence electrons. The van der Waals surface area contributed by atoms with E-state index in [9.17, 15) is 5.11 Å². The zero-order chi connectivity index (χ0) is 10.8. The van der Waals surface area contributed by atoms with E-state index in [2.05, 4.69) is 9.89 Å². The molecular formula is C13H19N2O-. The van der Waals surface area contributed by atoms with Crippen LogP contribution in [-0.2, 0) is 0 Å². The van der Waals surface area contributed by atoms with E-state index in [1.54, 1.807) is 0 Å². The standard InChI is InChI=1S/C13H20N2O/c16-12-14-1-2-15(12)13-6-9-3-10(7-13)5-11(4-9)8-13/h9-11H,1-8H2,(H,14,16)/p-1. The van der Waals surface area contributed by atoms with Gasteiger partial charge >= 0.3 is 0 Å². The summed E-state index contributed by atoms with van der Waals surface area (Å²) >= 11 is 0. The fraction of sp³-hybridized carbons (Fsp3) is 0.923. The zero-order valence-electron chi connectivity index (χ0n) is 9.69. The van der Waals surface area contributed by atoms with Crippen molar-refractivity contribution in [2.24, 2.45) is 22.7 Å². The molecule has 0 spiro atoms. The second-order valence-electron chi connectivity index (χ2n) is 6.46. The van der Waals surface area contributed by atoms with Crippen molar-refractivity contribution < 1.29 is 5.11 Å². The van der Waals surface area contributed by atoms with Crippen molar-refractivity contribution in [3.8, 4) is 0 Å². The maximum Gasteiger partial charge on any atom is 0.0575 e. The Morgan fingerprint density at radius 1 is 1.06 bits per heavy atom. The maximum atomic E-state index is 11.8. The fourth-order valence-corrected chi connectivity index (χ4v) is 5.26. The van der Waals surface area contributed by atoms with Crippen LogP contribution in [0.1, 0.15) is 38.5 Å². The van der Waals surface area contributed by atoms with Crippen LogP contribution in [0.25, 0.3) is 0 Å². The molecule has 0 aromatic carbocycles. The van der Waals surface area contributed by atoms with Crippen LogP contribution in [0, 0.1) is 17.8 Å². The third kappa shape index (κ3) is 1.12. The van der Waals surface area contributed by atoms with Crippen molar-refractivity contribution in [3.63, 3.8) is 0 Å². The molecule has 0 radical (unpaired) electrons. The lowest BCUT2D eigenvalue weighted by Crippen LogP contribution is -2.62. The lowest BCUT2D eigenvalue weighted by Gasteiger charge is -2.61. The van der Waals surface area contributed by atoms with Crippen LogP contribution in [-0.4, -0.2) is 29.6 Å². The largest absolute Gasteiger partial charge is 0.846 e. The summed E-state index contributed by atoms with van der Waals surface area (Å²) in [5.74, 6) is 2.75. The van der Waals surface area contributed by atoms with E-state index in [-0.39, 0.29) is 11.6 Å². The Balaban J connectivity index is 1.69. The first-order valence-corrected chi connectivity index (χ1v) is 6.74. The predicted molar refractivity (Wildman–Crippen MR) is 59.9 cm³/mol. The van der Waals surface area contributed by atoms with Gasteiger partial charge in [-0.05, 0) is 56.3 Å². The van der Waals surface area contributed by atoms with Gasteiger partial charge in [0.25, 0.3) is 0 Å². The molecule has 0 amide bonds. The van der Waals surface area contributed by atoms with E-state index in [0.29, 0.717) is 0 Å². The van der Waals surface area contributed by atoms with Gasteiger partial charge in [-0.2, -0.15) is 0 Å². The fourth-order valence-electron chi connectivity index (χ4n) is 5.26. The van der Waals surface area contributed by atoms with Gasteiger partial charge in [-0.15, -0.1) is 0 Å². The Labute approximate surface area is 96.5 Å². The topological polar surface area (TPSA) is 38.7 Å². The molecule has 1 aliphatic heterocycles. The van der Waals surface area contributed by atoms with Gasteiger partial charge < -0.3 is 10.0 Å². The molecule has 4 bridgehead atoms. The highest BCUT2D eigenvalue weighted by Crippen LogP contribution is 2.57. The van der Waals surface area contributed by atoms with Crippen LogP contribution in [0.4, 0.5) is 0 Å². The van der Waals surface area contributed by atoms with E-state index in [0.717, 1.165) is 30.8 Å². The summed E-state index contributed by atoms with van der Waals surface area (Å²) in [6.07, 6.45) is 8.16. The summed E-state index contributed by atoms with van der Waals surface area (Å²) < 4.78 is 0. The number of amidine groups is 1. The summed E-state index contributed by atoms with van der Waals surface area (Å²) in [6, 6.07) is 0.0851. The van der Waals surface area contributed by atoms with E-state index >= 15 is 0 Å². The molecule has 0 saturated heterocycles. The molecule has 16 heavy (non-hydrogen) atoms. The molecule has 3 heteroatoms. The maximum absolute atomic E-state index is 11.8. The van der Waals surface area contributed by atoms with Crippen LogP contribution in [0.2, 0.25) is 0 Å². The third-order valence-electron chi connectivity index (χ3n) is 5.38. The minimum Gasteiger partial charge on any atom is -0.846 e. The molecule has 5 aliphatic rings. The molecule has 3 nitrogen and oxygen atoms in total. The average molecular weight is 219 g/mol. The van der Waals surface area contributed by atoms with Crippen molar-refractivity contribution in [2.45, 2.75) is 44.1 Å². The number of aliphatic imine (C=N–C) groups is 1. The first kappa shape index (κ1) is 9.32. The molecule has 4 saturated carbocycles. The van der Waals surface area contributed by atoms with Gasteiger partial charge in [0.15, 0.2) is 0 Å². The monoisotopic (exact) mass is 219 g/mol. The van der Waals surface area contributed by atoms with E-state index in [1.165, 1.54) is 38.5 Å². The predicted octanol–water partition coefficient (Wildman–Crippen LogP) is 0.987. The van der Waals surface area contributed by atoms with Crippen LogP contribution in [0.15, 0.2) is 4.99 Å². The first-order valence-electron chi connectivity index (χ1n) is 6.74. The van der Waals surface area contributed by atoms with Gasteiger partial charge in [-0.25, -0.2) is 0 Å². The average Bonchev–Trinajstić information content (AvgIpc) is 2.62. The highest BCUT2D eigenvalue weighted by atomic mass is 16.3. The first-order chi connectivity index (χ1) is 7.75. The zero-order valence-corrected chi connectivity index (χ0v) is 9.69. The van der Waals surface area contributed by atoms with Gasteiger partial charge in [-0.3, -0.25) is 4.99 Å². The van der Waals surface area contributed by atoms with Crippen molar-refractivity contribution in [2.75, 3.05) is 13.1 Å². The van der Waals surface area contributed by atoms with Crippen LogP contribution in [0.5, 0.6) is 0 Å². The summed E-state index contributed by atoms with van der Waals surface area (Å²) in [7, 11) is 0. The Hall–Kier alpha value is -0.730. The van der Waals surface area contributed by atoms with Crippen LogP contribution >= 0.6 is 0 Å². The molecule has 5 rings (SSSR count). The smallest absolute Gasteiger partial charge is 0.0575 e. The molecular weight excluding hydrogens is 200 g/mol. The molecule has 0 aromatic heterocycles. The number of rotatable bonds is 1. The second-order valence-corrected chi connectivity index (χ2v) is 6.46. The minimum atomic E-state index is 0.0851. The minimum absolute atomic E-state index is 0.0851. The number of hydrogen-bond acceptors (Lipinski definition) is 3. The number of nitrogens with zero attached hydrogens (tertiary/aromatic N) is 2. The quantitative estimate of drug-likeness (QED) is 0.659. The molecule has 0 N–H and O–H groups in total. The molecule has 4 fully saturated rings. The lowest BCUT2D eigenvalue weighted by molar-refractivity contribution is -0.243. The van der Waals surface area contributed by atoms with E-state index in [4.69, 9.17) is 0 Å². The molecule has 4 aliphatic carbocycles. The summed E-state index contributed by atoms with van der Waals surface area (Å²) in [5.41, 5.74) is 0.242. The van der Waals surface area contributed by atoms with Gasteiger partial charge in [0.2, 0.25) is 0 Å². The summed E-state index contributed by atoms with van der Waals surface area (Å²) in [4.78, 5) is 6.20. The SMILES string of the molecule is [O-]C1=NCCN1C12CC3CC(CC(C3)C1)C2. The Bertz CT molecular complexity index is 315. The highest BCUT2D eigenvalue weighted by molar-refractivity contribution is 5.72. The van der Waals surface area contributed by atoms with Crippen molar-refractivity contribution >= 4 is 6.02 Å². The van der Waals surface area contributed by atoms with E-state index in [1.807, 2.05) is 0 Å². The van der Waals surface area contributed by atoms with Crippen LogP contribution < -0.4 is 5.11 Å². The van der Waals surface area contributed by atoms with Gasteiger partial charge in [-0.1, -0.05) is 0 Å². The molecule has 0 atom stereocenters. The van der Waals surface area contributed by atoms with Crippen molar-refractivity contribution in [1.29, 1.82) is 0 Å². The molecule has 1 heterocycles. The van der Waals surface area contributed by atoms with Crippen molar-refractivity contribution in [1.82, 2.24) is 4.90 Å². The third-order valence-corrected chi connectivity index (χ3v) is 5.38. The molecule has 0 unspecified atom stereocenters. The van der Waals surface area contributed by atoms with Gasteiger partial charge in [0.05, 0.1) is 12.6 Å². The molecule has 0 aromatic rings. The van der Waals surface area contributed by atoms with Gasteiger partial charge in [0, 0.05) is 12.1 Å². The number of hydrogen-bond donors (Lipinski definition) is 0. The summed E-state index contributed by atoms with van der Waals surface area (Å²) in [5, 5.41) is 11.8. The summed E-state index contributed by atoms with van der Waals surface area (Å²) in [6.45, 7) is 1.63. The Morgan fingerprint density at radius 2 is 1.62 bits per heavy atom. The Morgan fingerprint density at radius 3 is 2.06 bits per heavy atom.